The summed E-state index contributed by atoms with van der Waals surface area (Å²) in [6, 6.07) is 7.95. The van der Waals surface area contributed by atoms with Crippen LogP contribution in [0.25, 0.3) is 0 Å². The fourth-order valence-corrected chi connectivity index (χ4v) is 2.34. The summed E-state index contributed by atoms with van der Waals surface area (Å²) in [6.45, 7) is 1.58. The Kier molecular flexibility index (Phi) is 2.68. The van der Waals surface area contributed by atoms with Gasteiger partial charge in [-0.1, -0.05) is 12.1 Å². The van der Waals surface area contributed by atoms with Gasteiger partial charge in [0.1, 0.15) is 0 Å². The van der Waals surface area contributed by atoms with Gasteiger partial charge in [0.25, 0.3) is 0 Å². The fraction of sp³-hybridized carbons (Fsp3) is 0.273. The Morgan fingerprint density at radius 3 is 3.00 bits per heavy atom. The van der Waals surface area contributed by atoms with Crippen molar-refractivity contribution in [3.8, 4) is 0 Å². The first-order chi connectivity index (χ1) is 6.77. The minimum Gasteiger partial charge on any atom is -0.293 e. The molecule has 1 aromatic carbocycles. The summed E-state index contributed by atoms with van der Waals surface area (Å²) < 4.78 is 0. The lowest BCUT2D eigenvalue weighted by Gasteiger charge is -1.99. The number of ketones is 1. The highest BCUT2D eigenvalue weighted by Crippen LogP contribution is 2.32. The molecule has 14 heavy (non-hydrogen) atoms. The molecule has 0 atom stereocenters. The predicted molar refractivity (Wildman–Crippen MR) is 59.6 cm³/mol. The van der Waals surface area contributed by atoms with Gasteiger partial charge in [-0.25, -0.2) is 4.99 Å². The molecule has 0 N–H and O–H groups in total. The summed E-state index contributed by atoms with van der Waals surface area (Å²) in [5, 5.41) is 0. The normalized spacial score (nSPS) is 15.4. The first-order valence-corrected chi connectivity index (χ1v) is 5.56. The van der Waals surface area contributed by atoms with Crippen LogP contribution in [0.2, 0.25) is 0 Å². The monoisotopic (exact) mass is 205 g/mol. The third-order valence-electron chi connectivity index (χ3n) is 2.12. The lowest BCUT2D eigenvalue weighted by molar-refractivity contribution is -0.111. The highest BCUT2D eigenvalue weighted by Gasteiger charge is 2.12. The number of hydrogen-bond acceptors (Lipinski definition) is 3. The molecule has 1 aromatic rings. The summed E-state index contributed by atoms with van der Waals surface area (Å²) in [7, 11) is 0. The maximum Gasteiger partial charge on any atom is 0.174 e. The number of benzene rings is 1. The summed E-state index contributed by atoms with van der Waals surface area (Å²) in [5.41, 5.74) is 1.63. The molecule has 0 aromatic heterocycles. The van der Waals surface area contributed by atoms with E-state index in [0.29, 0.717) is 5.71 Å². The number of para-hydroxylation sites is 1. The van der Waals surface area contributed by atoms with Crippen molar-refractivity contribution in [2.75, 3.05) is 5.75 Å². The van der Waals surface area contributed by atoms with E-state index in [-0.39, 0.29) is 5.78 Å². The molecule has 3 heteroatoms. The molecular formula is C11H11NOS. The summed E-state index contributed by atoms with van der Waals surface area (Å²) in [5.74, 6) is 1.03. The van der Waals surface area contributed by atoms with Crippen LogP contribution < -0.4 is 0 Å². The van der Waals surface area contributed by atoms with Crippen LogP contribution in [0.4, 0.5) is 5.69 Å². The van der Waals surface area contributed by atoms with E-state index < -0.39 is 0 Å². The van der Waals surface area contributed by atoms with E-state index in [4.69, 9.17) is 0 Å². The van der Waals surface area contributed by atoms with Gasteiger partial charge in [-0.15, -0.1) is 11.8 Å². The van der Waals surface area contributed by atoms with Crippen LogP contribution in [0.3, 0.4) is 0 Å². The molecule has 1 aliphatic rings. The van der Waals surface area contributed by atoms with E-state index in [0.717, 1.165) is 17.9 Å². The van der Waals surface area contributed by atoms with Gasteiger partial charge in [0, 0.05) is 24.0 Å². The van der Waals surface area contributed by atoms with E-state index >= 15 is 0 Å². The first kappa shape index (κ1) is 9.46. The molecule has 1 heterocycles. The molecule has 0 aliphatic carbocycles. The van der Waals surface area contributed by atoms with E-state index in [2.05, 4.69) is 4.99 Å². The molecule has 1 aliphatic heterocycles. The maximum atomic E-state index is 11.2. The van der Waals surface area contributed by atoms with Crippen molar-refractivity contribution in [1.82, 2.24) is 0 Å². The second kappa shape index (κ2) is 3.96. The number of Topliss-reactive ketones (excluding diaryl/α,β-unsaturated/α-hetero) is 1. The topological polar surface area (TPSA) is 29.4 Å². The Labute approximate surface area is 87.4 Å². The van der Waals surface area contributed by atoms with Gasteiger partial charge in [0.15, 0.2) is 5.78 Å². The van der Waals surface area contributed by atoms with Crippen molar-refractivity contribution in [2.45, 2.75) is 18.2 Å². The number of rotatable bonds is 1. The molecule has 0 saturated heterocycles. The Morgan fingerprint density at radius 2 is 2.21 bits per heavy atom. The molecule has 2 rings (SSSR count). The number of nitrogens with zero attached hydrogens (tertiary/aromatic N) is 1. The summed E-state index contributed by atoms with van der Waals surface area (Å²) in [6.07, 6.45) is 0.773. The number of carbonyl (C=O) groups excluding carboxylic acids is 1. The zero-order valence-electron chi connectivity index (χ0n) is 7.99. The van der Waals surface area contributed by atoms with E-state index in [9.17, 15) is 4.79 Å². The molecule has 0 unspecified atom stereocenters. The largest absolute Gasteiger partial charge is 0.293 e. The smallest absolute Gasteiger partial charge is 0.174 e. The number of hydrogen-bond donors (Lipinski definition) is 0. The standard InChI is InChI=1S/C11H11NOS/c1-8(13)9-6-7-14-11-5-3-2-4-10(11)12-9/h2-5H,6-7H2,1H3. The maximum absolute atomic E-state index is 11.2. The molecule has 0 spiro atoms. The lowest BCUT2D eigenvalue weighted by atomic mass is 10.2. The Hall–Kier alpha value is -1.09. The summed E-state index contributed by atoms with van der Waals surface area (Å²) in [4.78, 5) is 16.8. The quantitative estimate of drug-likeness (QED) is 0.705. The number of carbonyl (C=O) groups is 1. The molecular weight excluding hydrogens is 194 g/mol. The van der Waals surface area contributed by atoms with Crippen molar-refractivity contribution < 1.29 is 4.79 Å². The Balaban J connectivity index is 2.44. The van der Waals surface area contributed by atoms with Crippen molar-refractivity contribution >= 4 is 28.9 Å². The van der Waals surface area contributed by atoms with Crippen molar-refractivity contribution in [3.05, 3.63) is 24.3 Å². The molecule has 2 nitrogen and oxygen atoms in total. The van der Waals surface area contributed by atoms with E-state index in [1.807, 2.05) is 24.3 Å². The van der Waals surface area contributed by atoms with Crippen LogP contribution in [0.1, 0.15) is 13.3 Å². The predicted octanol–water partition coefficient (Wildman–Crippen LogP) is 2.84. The van der Waals surface area contributed by atoms with Crippen LogP contribution in [0, 0.1) is 0 Å². The summed E-state index contributed by atoms with van der Waals surface area (Å²) >= 11 is 1.76. The molecule has 0 saturated carbocycles. The van der Waals surface area contributed by atoms with Crippen molar-refractivity contribution in [2.24, 2.45) is 4.99 Å². The average Bonchev–Trinajstić information content (AvgIpc) is 2.39. The second-order valence-electron chi connectivity index (χ2n) is 3.18. The third kappa shape index (κ3) is 1.87. The number of fused-ring (bicyclic) bond motifs is 1. The van der Waals surface area contributed by atoms with Crippen LogP contribution in [0.15, 0.2) is 34.2 Å². The fourth-order valence-electron chi connectivity index (χ4n) is 1.39. The molecule has 0 bridgehead atoms. The highest BCUT2D eigenvalue weighted by molar-refractivity contribution is 7.99. The first-order valence-electron chi connectivity index (χ1n) is 4.58. The SMILES string of the molecule is CC(=O)C1=Nc2ccccc2SCC1. The molecule has 0 amide bonds. The van der Waals surface area contributed by atoms with Gasteiger partial charge in [-0.3, -0.25) is 4.79 Å². The number of thioether (sulfide) groups is 1. The Bertz CT molecular complexity index is 398. The lowest BCUT2D eigenvalue weighted by Crippen LogP contribution is -2.09. The highest BCUT2D eigenvalue weighted by atomic mass is 32.2. The van der Waals surface area contributed by atoms with Crippen LogP contribution >= 0.6 is 11.8 Å². The number of aliphatic imine (C=N–C) groups is 1. The van der Waals surface area contributed by atoms with Crippen LogP contribution in [-0.4, -0.2) is 17.2 Å². The molecule has 72 valence electrons. The van der Waals surface area contributed by atoms with Crippen LogP contribution in [-0.2, 0) is 4.79 Å². The van der Waals surface area contributed by atoms with Gasteiger partial charge in [0.05, 0.1) is 11.4 Å². The van der Waals surface area contributed by atoms with E-state index in [1.54, 1.807) is 18.7 Å². The third-order valence-corrected chi connectivity index (χ3v) is 3.19. The van der Waals surface area contributed by atoms with Gasteiger partial charge in [-0.2, -0.15) is 0 Å². The van der Waals surface area contributed by atoms with Gasteiger partial charge in [-0.05, 0) is 12.1 Å². The minimum atomic E-state index is 0.0855. The van der Waals surface area contributed by atoms with Gasteiger partial charge in [0.2, 0.25) is 0 Å². The molecule has 0 fully saturated rings. The average molecular weight is 205 g/mol. The minimum absolute atomic E-state index is 0.0855. The van der Waals surface area contributed by atoms with Crippen molar-refractivity contribution in [3.63, 3.8) is 0 Å². The zero-order chi connectivity index (χ0) is 9.97. The zero-order valence-corrected chi connectivity index (χ0v) is 8.80. The van der Waals surface area contributed by atoms with Gasteiger partial charge < -0.3 is 0 Å². The van der Waals surface area contributed by atoms with Crippen LogP contribution in [0.5, 0.6) is 0 Å². The van der Waals surface area contributed by atoms with Crippen molar-refractivity contribution in [1.29, 1.82) is 0 Å². The van der Waals surface area contributed by atoms with Gasteiger partial charge >= 0.3 is 0 Å². The second-order valence-corrected chi connectivity index (χ2v) is 4.32. The Morgan fingerprint density at radius 1 is 1.43 bits per heavy atom. The molecule has 0 radical (unpaired) electrons. The van der Waals surface area contributed by atoms with E-state index in [1.165, 1.54) is 4.90 Å².